The van der Waals surface area contributed by atoms with Crippen molar-refractivity contribution in [3.63, 3.8) is 0 Å². The van der Waals surface area contributed by atoms with Gasteiger partial charge in [0.25, 0.3) is 0 Å². The fourth-order valence-electron chi connectivity index (χ4n) is 3.05. The summed E-state index contributed by atoms with van der Waals surface area (Å²) in [4.78, 5) is 15.7. The molecule has 128 valence electrons. The van der Waals surface area contributed by atoms with Crippen molar-refractivity contribution in [3.8, 4) is 0 Å². The van der Waals surface area contributed by atoms with Crippen molar-refractivity contribution in [3.05, 3.63) is 54.5 Å². The third-order valence-electron chi connectivity index (χ3n) is 4.31. The van der Waals surface area contributed by atoms with Gasteiger partial charge in [-0.25, -0.2) is 0 Å². The Bertz CT molecular complexity index is 610. The van der Waals surface area contributed by atoms with E-state index in [1.165, 1.54) is 19.3 Å². The number of likely N-dealkylation sites (tertiary alicyclic amines) is 1. The minimum absolute atomic E-state index is 0.0671. The number of piperidine rings is 1. The minimum atomic E-state index is 0.0671. The fourth-order valence-corrected chi connectivity index (χ4v) is 3.80. The second-order valence-electron chi connectivity index (χ2n) is 6.03. The molecule has 4 nitrogen and oxygen atoms in total. The van der Waals surface area contributed by atoms with Gasteiger partial charge in [-0.05, 0) is 50.2 Å². The van der Waals surface area contributed by atoms with Crippen LogP contribution in [0.15, 0.2) is 58.0 Å². The summed E-state index contributed by atoms with van der Waals surface area (Å²) in [6.07, 6.45) is 5.44. The molecule has 1 amide bonds. The summed E-state index contributed by atoms with van der Waals surface area (Å²) >= 11 is 1.56. The smallest absolute Gasteiger partial charge is 0.230 e. The first-order valence-electron chi connectivity index (χ1n) is 8.55. The third-order valence-corrected chi connectivity index (χ3v) is 5.32. The first-order chi connectivity index (χ1) is 11.8. The average molecular weight is 344 g/mol. The predicted molar refractivity (Wildman–Crippen MR) is 97.0 cm³/mol. The first kappa shape index (κ1) is 17.1. The molecular weight excluding hydrogens is 320 g/mol. The minimum Gasteiger partial charge on any atom is -0.468 e. The number of nitrogens with zero attached hydrogens (tertiary/aromatic N) is 1. The highest BCUT2D eigenvalue weighted by molar-refractivity contribution is 8.00. The number of amides is 1. The van der Waals surface area contributed by atoms with Crippen LogP contribution in [0.4, 0.5) is 0 Å². The second-order valence-corrected chi connectivity index (χ2v) is 7.08. The fraction of sp³-hybridized carbons (Fsp3) is 0.421. The van der Waals surface area contributed by atoms with E-state index in [9.17, 15) is 4.79 Å². The van der Waals surface area contributed by atoms with Crippen molar-refractivity contribution >= 4 is 17.7 Å². The van der Waals surface area contributed by atoms with E-state index in [-0.39, 0.29) is 11.9 Å². The third kappa shape index (κ3) is 4.89. The van der Waals surface area contributed by atoms with Crippen LogP contribution in [-0.4, -0.2) is 36.2 Å². The molecule has 5 heteroatoms. The summed E-state index contributed by atoms with van der Waals surface area (Å²) in [5.41, 5.74) is 0. The topological polar surface area (TPSA) is 45.5 Å². The summed E-state index contributed by atoms with van der Waals surface area (Å²) in [7, 11) is 0. The number of hydrogen-bond donors (Lipinski definition) is 1. The van der Waals surface area contributed by atoms with Crippen LogP contribution in [0.5, 0.6) is 0 Å². The largest absolute Gasteiger partial charge is 0.468 e. The number of furan rings is 1. The number of carbonyl (C=O) groups is 1. The Hall–Kier alpha value is -1.72. The van der Waals surface area contributed by atoms with Gasteiger partial charge in [-0.2, -0.15) is 0 Å². The molecule has 24 heavy (non-hydrogen) atoms. The van der Waals surface area contributed by atoms with Gasteiger partial charge in [0.1, 0.15) is 5.76 Å². The zero-order valence-corrected chi connectivity index (χ0v) is 14.6. The van der Waals surface area contributed by atoms with E-state index in [2.05, 4.69) is 10.2 Å². The molecule has 1 aliphatic heterocycles. The first-order valence-corrected chi connectivity index (χ1v) is 9.53. The zero-order valence-electron chi connectivity index (χ0n) is 13.8. The maximum atomic E-state index is 12.2. The molecule has 1 N–H and O–H groups in total. The van der Waals surface area contributed by atoms with E-state index >= 15 is 0 Å². The Balaban J connectivity index is 1.52. The van der Waals surface area contributed by atoms with Gasteiger partial charge >= 0.3 is 0 Å². The lowest BCUT2D eigenvalue weighted by molar-refractivity contribution is -0.118. The lowest BCUT2D eigenvalue weighted by Crippen LogP contribution is -2.40. The number of hydrogen-bond acceptors (Lipinski definition) is 4. The Morgan fingerprint density at radius 3 is 2.62 bits per heavy atom. The molecule has 0 bridgehead atoms. The van der Waals surface area contributed by atoms with Gasteiger partial charge in [0, 0.05) is 11.4 Å². The van der Waals surface area contributed by atoms with E-state index < -0.39 is 0 Å². The highest BCUT2D eigenvalue weighted by Gasteiger charge is 2.24. The summed E-state index contributed by atoms with van der Waals surface area (Å²) < 4.78 is 5.61. The molecule has 0 aliphatic carbocycles. The highest BCUT2D eigenvalue weighted by Crippen LogP contribution is 2.24. The van der Waals surface area contributed by atoms with E-state index in [4.69, 9.17) is 4.42 Å². The van der Waals surface area contributed by atoms with Gasteiger partial charge < -0.3 is 9.73 Å². The van der Waals surface area contributed by atoms with E-state index in [0.29, 0.717) is 12.3 Å². The Labute approximate surface area is 147 Å². The van der Waals surface area contributed by atoms with Crippen molar-refractivity contribution in [2.45, 2.75) is 30.2 Å². The lowest BCUT2D eigenvalue weighted by Gasteiger charge is -2.33. The van der Waals surface area contributed by atoms with Gasteiger partial charge in [-0.3, -0.25) is 9.69 Å². The quantitative estimate of drug-likeness (QED) is 0.778. The monoisotopic (exact) mass is 344 g/mol. The summed E-state index contributed by atoms with van der Waals surface area (Å²) in [6.45, 7) is 2.74. The molecule has 3 rings (SSSR count). The molecule has 0 saturated carbocycles. The number of benzene rings is 1. The van der Waals surface area contributed by atoms with Crippen LogP contribution in [0.1, 0.15) is 31.1 Å². The maximum Gasteiger partial charge on any atom is 0.230 e. The van der Waals surface area contributed by atoms with Crippen LogP contribution < -0.4 is 5.32 Å². The van der Waals surface area contributed by atoms with Crippen molar-refractivity contribution in [2.75, 3.05) is 25.4 Å². The van der Waals surface area contributed by atoms with E-state index in [1.807, 2.05) is 42.5 Å². The molecule has 1 aromatic carbocycles. The lowest BCUT2D eigenvalue weighted by atomic mass is 10.1. The predicted octanol–water partition coefficient (Wildman–Crippen LogP) is 3.72. The second kappa shape index (κ2) is 8.94. The summed E-state index contributed by atoms with van der Waals surface area (Å²) in [6, 6.07) is 14.1. The standard InChI is InChI=1S/C19H24N2O2S/c22-19(15-24-16-8-3-1-4-9-16)20-14-17(18-10-7-13-23-18)21-11-5-2-6-12-21/h1,3-4,7-10,13,17H,2,5-6,11-12,14-15H2,(H,20,22)/t17-/m1/s1. The normalized spacial score (nSPS) is 16.7. The van der Waals surface area contributed by atoms with Gasteiger partial charge in [0.05, 0.1) is 18.1 Å². The highest BCUT2D eigenvalue weighted by atomic mass is 32.2. The number of thioether (sulfide) groups is 1. The maximum absolute atomic E-state index is 12.2. The Morgan fingerprint density at radius 1 is 1.12 bits per heavy atom. The molecule has 0 spiro atoms. The molecular formula is C19H24N2O2S. The van der Waals surface area contributed by atoms with Crippen molar-refractivity contribution in [1.29, 1.82) is 0 Å². The average Bonchev–Trinajstić information content (AvgIpc) is 3.16. The van der Waals surface area contributed by atoms with Crippen LogP contribution in [0.3, 0.4) is 0 Å². The molecule has 1 saturated heterocycles. The summed E-state index contributed by atoms with van der Waals surface area (Å²) in [5.74, 6) is 1.44. The molecule has 1 fully saturated rings. The van der Waals surface area contributed by atoms with Gasteiger partial charge in [-0.1, -0.05) is 24.6 Å². The molecule has 2 heterocycles. The van der Waals surface area contributed by atoms with Crippen LogP contribution in [0.2, 0.25) is 0 Å². The number of carbonyl (C=O) groups excluding carboxylic acids is 1. The number of nitrogens with one attached hydrogen (secondary N) is 1. The van der Waals surface area contributed by atoms with Crippen LogP contribution >= 0.6 is 11.8 Å². The summed E-state index contributed by atoms with van der Waals surface area (Å²) in [5, 5.41) is 3.08. The van der Waals surface area contributed by atoms with Crippen LogP contribution in [-0.2, 0) is 4.79 Å². The Kier molecular flexibility index (Phi) is 6.38. The molecule has 1 atom stereocenters. The molecule has 2 aromatic rings. The molecule has 0 radical (unpaired) electrons. The number of rotatable bonds is 7. The van der Waals surface area contributed by atoms with Crippen molar-refractivity contribution in [1.82, 2.24) is 10.2 Å². The zero-order chi connectivity index (χ0) is 16.6. The molecule has 1 aliphatic rings. The van der Waals surface area contributed by atoms with Crippen molar-refractivity contribution < 1.29 is 9.21 Å². The van der Waals surface area contributed by atoms with Gasteiger partial charge in [0.15, 0.2) is 0 Å². The molecule has 0 unspecified atom stereocenters. The van der Waals surface area contributed by atoms with Crippen LogP contribution in [0.25, 0.3) is 0 Å². The van der Waals surface area contributed by atoms with Crippen molar-refractivity contribution in [2.24, 2.45) is 0 Å². The Morgan fingerprint density at radius 2 is 1.92 bits per heavy atom. The van der Waals surface area contributed by atoms with E-state index in [0.717, 1.165) is 23.7 Å². The molecule has 1 aromatic heterocycles. The van der Waals surface area contributed by atoms with Gasteiger partial charge in [0.2, 0.25) is 5.91 Å². The SMILES string of the molecule is O=C(CSc1ccccc1)NC[C@H](c1ccco1)N1CCCCC1. The van der Waals surface area contributed by atoms with Crippen LogP contribution in [0, 0.1) is 0 Å². The van der Waals surface area contributed by atoms with Gasteiger partial charge in [-0.15, -0.1) is 11.8 Å². The van der Waals surface area contributed by atoms with E-state index in [1.54, 1.807) is 18.0 Å².